The average molecular weight is 768 g/mol. The second kappa shape index (κ2) is 19.9. The van der Waals surface area contributed by atoms with E-state index in [-0.39, 0.29) is 87.8 Å². The van der Waals surface area contributed by atoms with Crippen LogP contribution in [-0.4, -0.2) is 144 Å². The second-order valence-corrected chi connectivity index (χ2v) is 13.9. The number of hydrogen-bond acceptors (Lipinski definition) is 11. The molecule has 3 atom stereocenters. The zero-order valence-corrected chi connectivity index (χ0v) is 31.9. The van der Waals surface area contributed by atoms with Gasteiger partial charge < -0.3 is 44.3 Å². The van der Waals surface area contributed by atoms with Gasteiger partial charge in [-0.25, -0.2) is 9.48 Å². The standard InChI is InChI=1S/C38H53N7O10/c1-4-53-38(51)43-21-19-42(20-22-43)37(50)29(15-16-34(47)54-23-17-26(2)52-3)40-35(48)30-24-33(45(41-30)28-12-6-5-7-13-28)55-25-32(46)44-18-9-14-31(44)36(49)39-27-10-8-11-27/h5-7,12-13,24,26-27,29,31H,4,8-11,14-23,25H2,1-3H3,(H,39,49)(H,40,48). The fourth-order valence-electron chi connectivity index (χ4n) is 6.56. The van der Waals surface area contributed by atoms with E-state index in [0.717, 1.165) is 19.3 Å². The van der Waals surface area contributed by atoms with E-state index in [1.165, 1.54) is 25.4 Å². The molecular formula is C38H53N7O10. The van der Waals surface area contributed by atoms with Crippen molar-refractivity contribution in [3.8, 4) is 11.6 Å². The first-order valence-electron chi connectivity index (χ1n) is 19.2. The van der Waals surface area contributed by atoms with E-state index >= 15 is 0 Å². The number of rotatable bonds is 17. The van der Waals surface area contributed by atoms with E-state index in [2.05, 4.69) is 15.7 Å². The molecule has 2 aromatic rings. The number of carbonyl (C=O) groups is 6. The van der Waals surface area contributed by atoms with Crippen molar-refractivity contribution in [2.45, 2.75) is 89.4 Å². The van der Waals surface area contributed by atoms with Crippen LogP contribution >= 0.6 is 0 Å². The SMILES string of the molecule is CCOC(=O)N1CCN(C(=O)C(CCC(=O)OCCC(C)OC)NC(=O)c2cc(OCC(=O)N3CCCC3C(=O)NC3CCC3)n(-c3ccccc3)n2)CC1. The topological polar surface area (TPSA) is 191 Å². The predicted molar refractivity (Wildman–Crippen MR) is 197 cm³/mol. The van der Waals surface area contributed by atoms with Crippen molar-refractivity contribution in [2.24, 2.45) is 0 Å². The highest BCUT2D eigenvalue weighted by Crippen LogP contribution is 2.24. The number of hydrogen-bond donors (Lipinski definition) is 2. The Morgan fingerprint density at radius 2 is 1.64 bits per heavy atom. The van der Waals surface area contributed by atoms with Crippen LogP contribution in [-0.2, 0) is 33.4 Å². The quantitative estimate of drug-likeness (QED) is 0.224. The molecule has 17 nitrogen and oxygen atoms in total. The maximum atomic E-state index is 13.9. The minimum Gasteiger partial charge on any atom is -0.467 e. The van der Waals surface area contributed by atoms with Crippen molar-refractivity contribution in [1.29, 1.82) is 0 Å². The smallest absolute Gasteiger partial charge is 0.409 e. The molecule has 3 heterocycles. The van der Waals surface area contributed by atoms with Gasteiger partial charge in [0.25, 0.3) is 11.8 Å². The molecule has 0 bridgehead atoms. The third-order valence-electron chi connectivity index (χ3n) is 10.1. The molecule has 2 saturated heterocycles. The van der Waals surface area contributed by atoms with Gasteiger partial charge in [0.1, 0.15) is 12.1 Å². The van der Waals surface area contributed by atoms with Crippen LogP contribution in [0, 0.1) is 0 Å². The Kier molecular flexibility index (Phi) is 14.9. The number of piperazine rings is 1. The van der Waals surface area contributed by atoms with Crippen molar-refractivity contribution in [2.75, 3.05) is 59.7 Å². The summed E-state index contributed by atoms with van der Waals surface area (Å²) in [5.74, 6) is -2.08. The Labute approximate surface area is 320 Å². The molecule has 1 aliphatic carbocycles. The number of nitrogens with zero attached hydrogens (tertiary/aromatic N) is 5. The van der Waals surface area contributed by atoms with E-state index in [0.29, 0.717) is 31.5 Å². The fraction of sp³-hybridized carbons (Fsp3) is 0.605. The van der Waals surface area contributed by atoms with Gasteiger partial charge in [0.05, 0.1) is 25.0 Å². The second-order valence-electron chi connectivity index (χ2n) is 13.9. The summed E-state index contributed by atoms with van der Waals surface area (Å²) in [6.45, 7) is 4.89. The average Bonchev–Trinajstić information content (AvgIpc) is 3.85. The summed E-state index contributed by atoms with van der Waals surface area (Å²) < 4.78 is 23.0. The Bertz CT molecular complexity index is 1640. The van der Waals surface area contributed by atoms with E-state index in [9.17, 15) is 28.8 Å². The van der Waals surface area contributed by atoms with Crippen molar-refractivity contribution in [1.82, 2.24) is 35.1 Å². The highest BCUT2D eigenvalue weighted by molar-refractivity contribution is 5.96. The lowest BCUT2D eigenvalue weighted by Crippen LogP contribution is -2.56. The first kappa shape index (κ1) is 41.0. The minimum absolute atomic E-state index is 0.0517. The summed E-state index contributed by atoms with van der Waals surface area (Å²) >= 11 is 0. The van der Waals surface area contributed by atoms with Crippen LogP contribution in [0.15, 0.2) is 36.4 Å². The first-order chi connectivity index (χ1) is 26.6. The van der Waals surface area contributed by atoms with Crippen LogP contribution in [0.2, 0.25) is 0 Å². The molecule has 1 saturated carbocycles. The number of esters is 1. The lowest BCUT2D eigenvalue weighted by Gasteiger charge is -2.35. The molecule has 1 aromatic carbocycles. The van der Waals surface area contributed by atoms with Gasteiger partial charge in [0.15, 0.2) is 12.3 Å². The molecule has 0 spiro atoms. The van der Waals surface area contributed by atoms with Gasteiger partial charge in [-0.15, -0.1) is 0 Å². The number of carbonyl (C=O) groups excluding carboxylic acids is 6. The maximum Gasteiger partial charge on any atom is 0.409 e. The predicted octanol–water partition coefficient (Wildman–Crippen LogP) is 2.06. The Morgan fingerprint density at radius 1 is 0.909 bits per heavy atom. The van der Waals surface area contributed by atoms with Gasteiger partial charge in [-0.1, -0.05) is 18.2 Å². The van der Waals surface area contributed by atoms with Crippen molar-refractivity contribution >= 4 is 35.7 Å². The Balaban J connectivity index is 1.28. The van der Waals surface area contributed by atoms with Crippen molar-refractivity contribution < 1.29 is 47.7 Å². The number of benzene rings is 1. The summed E-state index contributed by atoms with van der Waals surface area (Å²) in [6.07, 6.45) is 3.98. The minimum atomic E-state index is -1.13. The molecule has 2 aliphatic heterocycles. The molecule has 1 aromatic heterocycles. The van der Waals surface area contributed by atoms with Crippen LogP contribution < -0.4 is 15.4 Å². The zero-order valence-electron chi connectivity index (χ0n) is 31.9. The monoisotopic (exact) mass is 767 g/mol. The molecule has 2 N–H and O–H groups in total. The molecule has 5 amide bonds. The summed E-state index contributed by atoms with van der Waals surface area (Å²) in [4.78, 5) is 83.5. The number of ether oxygens (including phenoxy) is 4. The summed E-state index contributed by atoms with van der Waals surface area (Å²) in [6, 6.07) is 8.75. The van der Waals surface area contributed by atoms with Gasteiger partial charge in [0.2, 0.25) is 17.7 Å². The molecule has 5 rings (SSSR count). The van der Waals surface area contributed by atoms with Gasteiger partial charge in [-0.2, -0.15) is 5.10 Å². The van der Waals surface area contributed by atoms with E-state index < -0.39 is 42.6 Å². The van der Waals surface area contributed by atoms with Crippen molar-refractivity contribution in [3.05, 3.63) is 42.1 Å². The Hall–Kier alpha value is -5.19. The highest BCUT2D eigenvalue weighted by atomic mass is 16.6. The molecule has 3 unspecified atom stereocenters. The van der Waals surface area contributed by atoms with Crippen molar-refractivity contribution in [3.63, 3.8) is 0 Å². The molecule has 3 aliphatic rings. The molecule has 3 fully saturated rings. The number of para-hydroxylation sites is 1. The fourth-order valence-corrected chi connectivity index (χ4v) is 6.56. The van der Waals surface area contributed by atoms with E-state index in [1.807, 2.05) is 13.0 Å². The van der Waals surface area contributed by atoms with Gasteiger partial charge in [-0.3, -0.25) is 24.0 Å². The molecule has 0 radical (unpaired) electrons. The highest BCUT2D eigenvalue weighted by Gasteiger charge is 2.36. The first-order valence-corrected chi connectivity index (χ1v) is 19.2. The maximum absolute atomic E-state index is 13.9. The number of aromatic nitrogens is 2. The molecule has 55 heavy (non-hydrogen) atoms. The molecular weight excluding hydrogens is 714 g/mol. The third-order valence-corrected chi connectivity index (χ3v) is 10.1. The van der Waals surface area contributed by atoms with Crippen LogP contribution in [0.25, 0.3) is 5.69 Å². The largest absolute Gasteiger partial charge is 0.467 e. The van der Waals surface area contributed by atoms with Crippen LogP contribution in [0.4, 0.5) is 4.79 Å². The normalized spacial score (nSPS) is 18.2. The third kappa shape index (κ3) is 11.2. The molecule has 17 heteroatoms. The number of nitrogens with one attached hydrogen (secondary N) is 2. The van der Waals surface area contributed by atoms with Gasteiger partial charge in [-0.05, 0) is 64.5 Å². The number of amides is 5. The lowest BCUT2D eigenvalue weighted by molar-refractivity contribution is -0.145. The van der Waals surface area contributed by atoms with Crippen LogP contribution in [0.5, 0.6) is 5.88 Å². The summed E-state index contributed by atoms with van der Waals surface area (Å²) in [7, 11) is 1.57. The number of likely N-dealkylation sites (tertiary alicyclic amines) is 1. The van der Waals surface area contributed by atoms with Crippen LogP contribution in [0.1, 0.15) is 75.7 Å². The van der Waals surface area contributed by atoms with Gasteiger partial charge >= 0.3 is 12.1 Å². The van der Waals surface area contributed by atoms with E-state index in [1.54, 1.807) is 38.3 Å². The summed E-state index contributed by atoms with van der Waals surface area (Å²) in [5.41, 5.74) is 0.465. The van der Waals surface area contributed by atoms with Gasteiger partial charge in [0, 0.05) is 64.8 Å². The van der Waals surface area contributed by atoms with Crippen LogP contribution in [0.3, 0.4) is 0 Å². The zero-order chi connectivity index (χ0) is 39.3. The summed E-state index contributed by atoms with van der Waals surface area (Å²) in [5, 5.41) is 10.3. The number of methoxy groups -OCH3 is 1. The van der Waals surface area contributed by atoms with E-state index in [4.69, 9.17) is 18.9 Å². The lowest BCUT2D eigenvalue weighted by atomic mass is 9.93. The Morgan fingerprint density at radius 3 is 2.31 bits per heavy atom. The molecule has 300 valence electrons.